The minimum Gasteiger partial charge on any atom is -0.389 e. The number of rotatable bonds is 4. The fourth-order valence-corrected chi connectivity index (χ4v) is 1.94. The zero-order valence-corrected chi connectivity index (χ0v) is 10.2. The van der Waals surface area contributed by atoms with Crippen molar-refractivity contribution in [3.05, 3.63) is 0 Å². The summed E-state index contributed by atoms with van der Waals surface area (Å²) in [5.41, 5.74) is -0.829. The summed E-state index contributed by atoms with van der Waals surface area (Å²) in [5.74, 6) is -0.254. The van der Waals surface area contributed by atoms with Gasteiger partial charge in [-0.3, -0.25) is 19.4 Å². The van der Waals surface area contributed by atoms with Gasteiger partial charge >= 0.3 is 0 Å². The van der Waals surface area contributed by atoms with E-state index in [1.54, 1.807) is 25.8 Å². The Hall–Kier alpha value is -0.940. The summed E-state index contributed by atoms with van der Waals surface area (Å²) in [5, 5.41) is 9.58. The maximum absolute atomic E-state index is 11.7. The van der Waals surface area contributed by atoms with Gasteiger partial charge in [0.1, 0.15) is 0 Å². The molecule has 0 radical (unpaired) electrons. The Morgan fingerprint density at radius 2 is 2.19 bits per heavy atom. The molecule has 1 rings (SSSR count). The van der Waals surface area contributed by atoms with Gasteiger partial charge in [0.25, 0.3) is 0 Å². The van der Waals surface area contributed by atoms with Crippen molar-refractivity contribution in [2.75, 3.05) is 26.7 Å². The van der Waals surface area contributed by atoms with Crippen LogP contribution in [0.4, 0.5) is 0 Å². The first-order chi connectivity index (χ1) is 7.29. The largest absolute Gasteiger partial charge is 0.389 e. The molecule has 1 fully saturated rings. The van der Waals surface area contributed by atoms with Crippen LogP contribution in [-0.2, 0) is 9.59 Å². The number of likely N-dealkylation sites (tertiary alicyclic amines) is 1. The van der Waals surface area contributed by atoms with Gasteiger partial charge < -0.3 is 5.11 Å². The van der Waals surface area contributed by atoms with Gasteiger partial charge in [0.15, 0.2) is 0 Å². The van der Waals surface area contributed by atoms with Gasteiger partial charge in [-0.1, -0.05) is 0 Å². The van der Waals surface area contributed by atoms with Crippen molar-refractivity contribution < 1.29 is 14.7 Å². The molecule has 0 aromatic rings. The minimum atomic E-state index is -0.829. The topological polar surface area (TPSA) is 60.9 Å². The SMILES string of the molecule is CN(CC(=O)N1CCCC1=O)CC(C)(C)O. The van der Waals surface area contributed by atoms with Crippen molar-refractivity contribution in [3.63, 3.8) is 0 Å². The molecule has 5 heteroatoms. The van der Waals surface area contributed by atoms with E-state index in [9.17, 15) is 14.7 Å². The molecule has 5 nitrogen and oxygen atoms in total. The van der Waals surface area contributed by atoms with E-state index < -0.39 is 5.60 Å². The second-order valence-electron chi connectivity index (χ2n) is 5.03. The first-order valence-electron chi connectivity index (χ1n) is 5.54. The van der Waals surface area contributed by atoms with Crippen molar-refractivity contribution >= 4 is 11.8 Å². The Morgan fingerprint density at radius 1 is 1.56 bits per heavy atom. The number of aliphatic hydroxyl groups is 1. The number of likely N-dealkylation sites (N-methyl/N-ethyl adjacent to an activating group) is 1. The van der Waals surface area contributed by atoms with Crippen molar-refractivity contribution in [3.8, 4) is 0 Å². The molecule has 92 valence electrons. The lowest BCUT2D eigenvalue weighted by Gasteiger charge is -2.26. The van der Waals surface area contributed by atoms with Gasteiger partial charge in [0.2, 0.25) is 11.8 Å². The maximum Gasteiger partial charge on any atom is 0.243 e. The van der Waals surface area contributed by atoms with Crippen LogP contribution in [0.2, 0.25) is 0 Å². The van der Waals surface area contributed by atoms with Crippen molar-refractivity contribution in [2.24, 2.45) is 0 Å². The summed E-state index contributed by atoms with van der Waals surface area (Å²) >= 11 is 0. The Morgan fingerprint density at radius 3 is 2.62 bits per heavy atom. The third kappa shape index (κ3) is 3.90. The number of hydrogen-bond acceptors (Lipinski definition) is 4. The van der Waals surface area contributed by atoms with Crippen LogP contribution >= 0.6 is 0 Å². The minimum absolute atomic E-state index is 0.0818. The Balaban J connectivity index is 2.42. The molecule has 16 heavy (non-hydrogen) atoms. The second kappa shape index (κ2) is 4.93. The van der Waals surface area contributed by atoms with Gasteiger partial charge in [-0.15, -0.1) is 0 Å². The summed E-state index contributed by atoms with van der Waals surface area (Å²) in [6.07, 6.45) is 1.24. The predicted octanol–water partition coefficient (Wildman–Crippen LogP) is -0.162. The van der Waals surface area contributed by atoms with E-state index in [1.807, 2.05) is 0 Å². The van der Waals surface area contributed by atoms with Crippen LogP contribution < -0.4 is 0 Å². The lowest BCUT2D eigenvalue weighted by atomic mass is 10.1. The Labute approximate surface area is 96.0 Å². The normalized spacial score (nSPS) is 17.3. The first-order valence-corrected chi connectivity index (χ1v) is 5.54. The highest BCUT2D eigenvalue weighted by Gasteiger charge is 2.27. The van der Waals surface area contributed by atoms with E-state index in [4.69, 9.17) is 0 Å². The van der Waals surface area contributed by atoms with Crippen LogP contribution in [0, 0.1) is 0 Å². The van der Waals surface area contributed by atoms with Gasteiger partial charge in [-0.2, -0.15) is 0 Å². The highest BCUT2D eigenvalue weighted by molar-refractivity contribution is 5.97. The average Bonchev–Trinajstić information content (AvgIpc) is 2.47. The maximum atomic E-state index is 11.7. The van der Waals surface area contributed by atoms with E-state index in [-0.39, 0.29) is 18.4 Å². The van der Waals surface area contributed by atoms with Gasteiger partial charge in [-0.25, -0.2) is 0 Å². The van der Waals surface area contributed by atoms with E-state index in [0.717, 1.165) is 6.42 Å². The third-order valence-electron chi connectivity index (χ3n) is 2.44. The number of hydrogen-bond donors (Lipinski definition) is 1. The van der Waals surface area contributed by atoms with Crippen molar-refractivity contribution in [1.82, 2.24) is 9.80 Å². The van der Waals surface area contributed by atoms with E-state index in [2.05, 4.69) is 0 Å². The Kier molecular flexibility index (Phi) is 4.04. The van der Waals surface area contributed by atoms with E-state index in [0.29, 0.717) is 19.5 Å². The summed E-state index contributed by atoms with van der Waals surface area (Å²) in [6.45, 7) is 4.49. The lowest BCUT2D eigenvalue weighted by Crippen LogP contribution is -2.44. The quantitative estimate of drug-likeness (QED) is 0.726. The smallest absolute Gasteiger partial charge is 0.243 e. The number of carbonyl (C=O) groups excluding carboxylic acids is 2. The number of amides is 2. The fourth-order valence-electron chi connectivity index (χ4n) is 1.94. The summed E-state index contributed by atoms with van der Waals surface area (Å²) in [6, 6.07) is 0. The molecule has 0 saturated carbocycles. The van der Waals surface area contributed by atoms with Gasteiger partial charge in [-0.05, 0) is 27.3 Å². The summed E-state index contributed by atoms with van der Waals surface area (Å²) in [4.78, 5) is 26.1. The van der Waals surface area contributed by atoms with Crippen LogP contribution in [0.25, 0.3) is 0 Å². The molecule has 1 heterocycles. The van der Waals surface area contributed by atoms with Crippen molar-refractivity contribution in [1.29, 1.82) is 0 Å². The third-order valence-corrected chi connectivity index (χ3v) is 2.44. The molecular formula is C11H20N2O3. The number of imide groups is 1. The Bertz CT molecular complexity index is 283. The van der Waals surface area contributed by atoms with E-state index in [1.165, 1.54) is 4.90 Å². The van der Waals surface area contributed by atoms with Gasteiger partial charge in [0, 0.05) is 19.5 Å². The molecule has 2 amide bonds. The first kappa shape index (κ1) is 13.1. The second-order valence-corrected chi connectivity index (χ2v) is 5.03. The molecule has 1 saturated heterocycles. The number of carbonyl (C=O) groups is 2. The molecule has 0 bridgehead atoms. The zero-order chi connectivity index (χ0) is 12.3. The standard InChI is InChI=1S/C11H20N2O3/c1-11(2,16)8-12(3)7-10(15)13-6-4-5-9(13)14/h16H,4-8H2,1-3H3. The summed E-state index contributed by atoms with van der Waals surface area (Å²) < 4.78 is 0. The molecule has 1 aliphatic heterocycles. The number of nitrogens with zero attached hydrogens (tertiary/aromatic N) is 2. The molecule has 0 aromatic carbocycles. The molecule has 0 spiro atoms. The predicted molar refractivity (Wildman–Crippen MR) is 59.7 cm³/mol. The highest BCUT2D eigenvalue weighted by atomic mass is 16.3. The molecule has 0 atom stereocenters. The monoisotopic (exact) mass is 228 g/mol. The van der Waals surface area contributed by atoms with E-state index >= 15 is 0 Å². The highest BCUT2D eigenvalue weighted by Crippen LogP contribution is 2.10. The van der Waals surface area contributed by atoms with Crippen LogP contribution in [0.1, 0.15) is 26.7 Å². The van der Waals surface area contributed by atoms with Crippen LogP contribution in [0.3, 0.4) is 0 Å². The molecule has 1 N–H and O–H groups in total. The van der Waals surface area contributed by atoms with Gasteiger partial charge in [0.05, 0.1) is 12.1 Å². The molecule has 0 unspecified atom stereocenters. The van der Waals surface area contributed by atoms with Crippen LogP contribution in [0.15, 0.2) is 0 Å². The molecule has 0 aliphatic carbocycles. The lowest BCUT2D eigenvalue weighted by molar-refractivity contribution is -0.142. The molecule has 0 aromatic heterocycles. The van der Waals surface area contributed by atoms with Crippen LogP contribution in [-0.4, -0.2) is 59.0 Å². The average molecular weight is 228 g/mol. The molecular weight excluding hydrogens is 208 g/mol. The zero-order valence-electron chi connectivity index (χ0n) is 10.2. The fraction of sp³-hybridized carbons (Fsp3) is 0.818. The van der Waals surface area contributed by atoms with Crippen molar-refractivity contribution in [2.45, 2.75) is 32.3 Å². The van der Waals surface area contributed by atoms with Crippen LogP contribution in [0.5, 0.6) is 0 Å². The summed E-state index contributed by atoms with van der Waals surface area (Å²) in [7, 11) is 1.76. The molecule has 1 aliphatic rings.